The maximum Gasteiger partial charge on any atom is 0.253 e. The lowest BCUT2D eigenvalue weighted by Gasteiger charge is -2.36. The number of piperazine rings is 1. The van der Waals surface area contributed by atoms with Crippen molar-refractivity contribution in [2.75, 3.05) is 44.4 Å². The van der Waals surface area contributed by atoms with Crippen LogP contribution in [0.4, 0.5) is 5.69 Å². The Kier molecular flexibility index (Phi) is 5.38. The van der Waals surface area contributed by atoms with E-state index in [9.17, 15) is 9.00 Å². The first-order chi connectivity index (χ1) is 12.1. The molecule has 1 aliphatic heterocycles. The SMILES string of the molecule is COc1ccc(N2CCN(C(=O)c3ccc([S@](C)=O)cc3)CC2)cc1. The van der Waals surface area contributed by atoms with Crippen molar-refractivity contribution < 1.29 is 13.7 Å². The van der Waals surface area contributed by atoms with Crippen LogP contribution in [0.25, 0.3) is 0 Å². The molecule has 6 heteroatoms. The molecule has 1 heterocycles. The van der Waals surface area contributed by atoms with Crippen molar-refractivity contribution in [2.45, 2.75) is 4.90 Å². The van der Waals surface area contributed by atoms with Gasteiger partial charge >= 0.3 is 0 Å². The summed E-state index contributed by atoms with van der Waals surface area (Å²) in [6, 6.07) is 15.0. The van der Waals surface area contributed by atoms with Gasteiger partial charge in [-0.05, 0) is 48.5 Å². The number of carbonyl (C=O) groups excluding carboxylic acids is 1. The van der Waals surface area contributed by atoms with E-state index in [0.29, 0.717) is 18.7 Å². The molecule has 1 aliphatic rings. The van der Waals surface area contributed by atoms with Gasteiger partial charge in [-0.15, -0.1) is 0 Å². The molecule has 0 N–H and O–H groups in total. The highest BCUT2D eigenvalue weighted by Crippen LogP contribution is 2.21. The molecular formula is C19H22N2O3S. The standard InChI is InChI=1S/C19H22N2O3S/c1-24-17-7-5-16(6-8-17)20-11-13-21(14-12-20)19(22)15-3-9-18(10-4-15)25(2)23/h3-10H,11-14H2,1-2H3/t25-/m0/s1. The summed E-state index contributed by atoms with van der Waals surface area (Å²) in [7, 11) is 0.633. The second kappa shape index (κ2) is 7.70. The number of nitrogens with zero attached hydrogens (tertiary/aromatic N) is 2. The first-order valence-electron chi connectivity index (χ1n) is 8.20. The van der Waals surface area contributed by atoms with Gasteiger partial charge in [-0.2, -0.15) is 0 Å². The number of anilines is 1. The Morgan fingerprint density at radius 3 is 2.08 bits per heavy atom. The van der Waals surface area contributed by atoms with Crippen molar-refractivity contribution in [2.24, 2.45) is 0 Å². The highest BCUT2D eigenvalue weighted by atomic mass is 32.2. The van der Waals surface area contributed by atoms with Gasteiger partial charge in [-0.25, -0.2) is 0 Å². The average molecular weight is 358 g/mol. The second-order valence-corrected chi connectivity index (χ2v) is 7.34. The van der Waals surface area contributed by atoms with Crippen LogP contribution in [0.1, 0.15) is 10.4 Å². The van der Waals surface area contributed by atoms with Crippen LogP contribution in [0.15, 0.2) is 53.4 Å². The highest BCUT2D eigenvalue weighted by Gasteiger charge is 2.22. The predicted molar refractivity (Wildman–Crippen MR) is 99.9 cm³/mol. The minimum absolute atomic E-state index is 0.0304. The van der Waals surface area contributed by atoms with Gasteiger partial charge < -0.3 is 14.5 Å². The molecule has 0 radical (unpaired) electrons. The van der Waals surface area contributed by atoms with Gasteiger partial charge in [0.25, 0.3) is 5.91 Å². The normalized spacial score (nSPS) is 15.8. The van der Waals surface area contributed by atoms with Crippen LogP contribution < -0.4 is 9.64 Å². The smallest absolute Gasteiger partial charge is 0.253 e. The Labute approximate surface area is 150 Å². The van der Waals surface area contributed by atoms with Gasteiger partial charge in [0.05, 0.1) is 7.11 Å². The minimum atomic E-state index is -1.02. The number of rotatable bonds is 4. The van der Waals surface area contributed by atoms with E-state index in [0.717, 1.165) is 29.4 Å². The largest absolute Gasteiger partial charge is 0.497 e. The number of methoxy groups -OCH3 is 1. The number of carbonyl (C=O) groups is 1. The van der Waals surface area contributed by atoms with Gasteiger partial charge in [-0.1, -0.05) is 0 Å². The van der Waals surface area contributed by atoms with Crippen LogP contribution in [0.2, 0.25) is 0 Å². The first kappa shape index (κ1) is 17.5. The van der Waals surface area contributed by atoms with Crippen molar-refractivity contribution in [3.05, 3.63) is 54.1 Å². The second-order valence-electron chi connectivity index (χ2n) is 5.96. The molecule has 2 aromatic carbocycles. The molecule has 1 amide bonds. The third-order valence-corrected chi connectivity index (χ3v) is 5.37. The van der Waals surface area contributed by atoms with Crippen molar-refractivity contribution in [1.29, 1.82) is 0 Å². The zero-order chi connectivity index (χ0) is 17.8. The predicted octanol–water partition coefficient (Wildman–Crippen LogP) is 2.40. The summed E-state index contributed by atoms with van der Waals surface area (Å²) >= 11 is 0. The van der Waals surface area contributed by atoms with Crippen LogP contribution in [0.5, 0.6) is 5.75 Å². The van der Waals surface area contributed by atoms with E-state index in [-0.39, 0.29) is 5.91 Å². The number of hydrogen-bond donors (Lipinski definition) is 0. The lowest BCUT2D eigenvalue weighted by Crippen LogP contribution is -2.48. The zero-order valence-corrected chi connectivity index (χ0v) is 15.3. The minimum Gasteiger partial charge on any atom is -0.497 e. The van der Waals surface area contributed by atoms with Crippen LogP contribution in [-0.4, -0.2) is 54.6 Å². The number of ether oxygens (including phenoxy) is 1. The number of hydrogen-bond acceptors (Lipinski definition) is 4. The van der Waals surface area contributed by atoms with E-state index in [4.69, 9.17) is 4.74 Å². The van der Waals surface area contributed by atoms with Crippen molar-refractivity contribution in [3.63, 3.8) is 0 Å². The Balaban J connectivity index is 1.61. The summed E-state index contributed by atoms with van der Waals surface area (Å²) in [6.07, 6.45) is 1.63. The molecule has 5 nitrogen and oxygen atoms in total. The summed E-state index contributed by atoms with van der Waals surface area (Å²) in [4.78, 5) is 17.5. The van der Waals surface area contributed by atoms with E-state index in [1.807, 2.05) is 29.2 Å². The third kappa shape index (κ3) is 4.02. The Morgan fingerprint density at radius 1 is 0.960 bits per heavy atom. The van der Waals surface area contributed by atoms with Crippen LogP contribution in [0.3, 0.4) is 0 Å². The molecule has 25 heavy (non-hydrogen) atoms. The lowest BCUT2D eigenvalue weighted by molar-refractivity contribution is 0.0746. The van der Waals surface area contributed by atoms with E-state index in [2.05, 4.69) is 4.90 Å². The molecule has 3 rings (SSSR count). The molecule has 1 saturated heterocycles. The lowest BCUT2D eigenvalue weighted by atomic mass is 10.1. The van der Waals surface area contributed by atoms with E-state index in [1.165, 1.54) is 0 Å². The molecule has 1 atom stereocenters. The van der Waals surface area contributed by atoms with Crippen LogP contribution in [-0.2, 0) is 10.8 Å². The van der Waals surface area contributed by atoms with Gasteiger partial charge in [0.2, 0.25) is 0 Å². The molecule has 1 fully saturated rings. The van der Waals surface area contributed by atoms with E-state index in [1.54, 1.807) is 37.6 Å². The summed E-state index contributed by atoms with van der Waals surface area (Å²) in [5.41, 5.74) is 1.79. The first-order valence-corrected chi connectivity index (χ1v) is 9.76. The van der Waals surface area contributed by atoms with Gasteiger partial charge in [-0.3, -0.25) is 9.00 Å². The molecule has 0 saturated carbocycles. The molecule has 0 aliphatic carbocycles. The maximum absolute atomic E-state index is 12.6. The molecular weight excluding hydrogens is 336 g/mol. The quantitative estimate of drug-likeness (QED) is 0.842. The van der Waals surface area contributed by atoms with Gasteiger partial charge in [0.15, 0.2) is 0 Å². The summed E-state index contributed by atoms with van der Waals surface area (Å²) < 4.78 is 16.6. The fraction of sp³-hybridized carbons (Fsp3) is 0.316. The summed E-state index contributed by atoms with van der Waals surface area (Å²) in [5, 5.41) is 0. The fourth-order valence-corrected chi connectivity index (χ4v) is 3.45. The highest BCUT2D eigenvalue weighted by molar-refractivity contribution is 7.84. The molecule has 0 unspecified atom stereocenters. The van der Waals surface area contributed by atoms with Crippen molar-refractivity contribution in [3.8, 4) is 5.75 Å². The van der Waals surface area contributed by atoms with Gasteiger partial charge in [0, 0.05) is 59.4 Å². The van der Waals surface area contributed by atoms with Crippen LogP contribution in [0, 0.1) is 0 Å². The third-order valence-electron chi connectivity index (χ3n) is 4.44. The Morgan fingerprint density at radius 2 is 1.56 bits per heavy atom. The maximum atomic E-state index is 12.6. The average Bonchev–Trinajstić information content (AvgIpc) is 2.67. The summed E-state index contributed by atoms with van der Waals surface area (Å²) in [5.74, 6) is 0.872. The monoisotopic (exact) mass is 358 g/mol. The van der Waals surface area contributed by atoms with Crippen LogP contribution >= 0.6 is 0 Å². The Bertz CT molecular complexity index is 751. The molecule has 0 spiro atoms. The number of benzene rings is 2. The van der Waals surface area contributed by atoms with E-state index >= 15 is 0 Å². The zero-order valence-electron chi connectivity index (χ0n) is 14.5. The van der Waals surface area contributed by atoms with E-state index < -0.39 is 10.8 Å². The molecule has 132 valence electrons. The topological polar surface area (TPSA) is 49.9 Å². The van der Waals surface area contributed by atoms with Gasteiger partial charge in [0.1, 0.15) is 5.75 Å². The molecule has 2 aromatic rings. The fourth-order valence-electron chi connectivity index (χ4n) is 2.93. The summed E-state index contributed by atoms with van der Waals surface area (Å²) in [6.45, 7) is 2.98. The number of amides is 1. The molecule has 0 aromatic heterocycles. The van der Waals surface area contributed by atoms with Crippen molar-refractivity contribution in [1.82, 2.24) is 4.90 Å². The van der Waals surface area contributed by atoms with Crippen molar-refractivity contribution >= 4 is 22.4 Å². The Hall–Kier alpha value is -2.34. The molecule has 0 bridgehead atoms.